The largest absolute Gasteiger partial charge is 0.288 e. The van der Waals surface area contributed by atoms with Crippen molar-refractivity contribution < 1.29 is 4.58 Å². The maximum atomic E-state index is 4.61. The zero-order valence-electron chi connectivity index (χ0n) is 2.31. The molecule has 0 bridgehead atoms. The highest BCUT2D eigenvalue weighted by molar-refractivity contribution is 5.14. The van der Waals surface area contributed by atoms with E-state index in [0.717, 1.165) is 4.58 Å². The van der Waals surface area contributed by atoms with Crippen LogP contribution in [0.3, 0.4) is 0 Å². The van der Waals surface area contributed by atoms with Crippen LogP contribution in [-0.4, -0.2) is 11.3 Å². The van der Waals surface area contributed by atoms with Gasteiger partial charge in [0.25, 0.3) is 14.1 Å². The highest BCUT2D eigenvalue weighted by Crippen LogP contribution is 1.43. The number of nitrogens with zero attached hydrogens (tertiary/aromatic N) is 1. The third-order valence-electron chi connectivity index (χ3n) is 0. The Morgan fingerprint density at radius 3 is 1.50 bits per heavy atom. The Hall–Kier alpha value is -0.330. The summed E-state index contributed by atoms with van der Waals surface area (Å²) < 4.78 is 0.750. The molecule has 4 radical (unpaired) electrons. The summed E-state index contributed by atoms with van der Waals surface area (Å²) in [5.74, 6) is 0. The Morgan fingerprint density at radius 2 is 1.50 bits per heavy atom. The van der Waals surface area contributed by atoms with E-state index in [2.05, 4.69) is 20.8 Å². The average molecular weight is 54.1 g/mol. The molecule has 1 heteroatoms. The molecule has 0 rings (SSSR count). The molecule has 0 spiro atoms. The molecule has 0 aliphatic heterocycles. The molecule has 0 aromatic carbocycles. The lowest BCUT2D eigenvalue weighted by Crippen LogP contribution is -1.76. The third-order valence-corrected chi connectivity index (χ3v) is 0. The molecule has 0 aliphatic carbocycles. The van der Waals surface area contributed by atoms with Gasteiger partial charge in [-0.3, -0.25) is 0 Å². The number of rotatable bonds is 0. The lowest BCUT2D eigenvalue weighted by Gasteiger charge is -1.58. The minimum Gasteiger partial charge on any atom is -0.211 e. The van der Waals surface area contributed by atoms with Gasteiger partial charge < -0.3 is 0 Å². The minimum absolute atomic E-state index is 0.750. The maximum absolute atomic E-state index is 4.61. The van der Waals surface area contributed by atoms with Gasteiger partial charge in [0, 0.05) is 0 Å². The Labute approximate surface area is 26.6 Å². The molecular weight excluding hydrogens is 50.0 g/mol. The van der Waals surface area contributed by atoms with E-state index >= 15 is 0 Å². The molecule has 0 amide bonds. The van der Waals surface area contributed by atoms with Gasteiger partial charge in [0.15, 0.2) is 0 Å². The molecule has 20 valence electrons. The summed E-state index contributed by atoms with van der Waals surface area (Å²) in [5.41, 5.74) is 0. The fraction of sp³-hybridized carbons (Fsp3) is 0. The summed E-state index contributed by atoms with van der Waals surface area (Å²) in [6, 6.07) is 0. The van der Waals surface area contributed by atoms with Crippen molar-refractivity contribution in [3.05, 3.63) is 14.1 Å². The van der Waals surface area contributed by atoms with Gasteiger partial charge in [-0.25, -0.2) is 4.58 Å². The van der Waals surface area contributed by atoms with Crippen LogP contribution in [0.15, 0.2) is 0 Å². The molecule has 0 saturated heterocycles. The van der Waals surface area contributed by atoms with E-state index in [9.17, 15) is 0 Å². The first-order chi connectivity index (χ1) is 1.73. The molecule has 0 heterocycles. The van der Waals surface area contributed by atoms with Gasteiger partial charge in [-0.05, 0) is 0 Å². The predicted octanol–water partition coefficient (Wildman–Crippen LogP) is 0.0367. The van der Waals surface area contributed by atoms with Crippen molar-refractivity contribution in [3.63, 3.8) is 0 Å². The van der Waals surface area contributed by atoms with E-state index in [1.807, 2.05) is 0 Å². The lowest BCUT2D eigenvalue weighted by molar-refractivity contribution is -0.384. The van der Waals surface area contributed by atoms with Gasteiger partial charge in [-0.2, -0.15) is 0 Å². The maximum Gasteiger partial charge on any atom is 0.288 e. The van der Waals surface area contributed by atoms with E-state index in [1.54, 1.807) is 0 Å². The monoisotopic (exact) mass is 54.0 g/mol. The molecule has 0 N–H and O–H groups in total. The lowest BCUT2D eigenvalue weighted by atomic mass is 11.1. The first-order valence-electron chi connectivity index (χ1n) is 0.833. The van der Waals surface area contributed by atoms with Crippen LogP contribution >= 0.6 is 0 Å². The van der Waals surface area contributed by atoms with Crippen molar-refractivity contribution in [1.82, 2.24) is 0 Å². The Kier molecular flexibility index (Phi) is 0.958. The fourth-order valence-corrected chi connectivity index (χ4v) is 0. The highest BCUT2D eigenvalue weighted by atomic mass is 14.9. The smallest absolute Gasteiger partial charge is 0.211 e. The van der Waals surface area contributed by atoms with Crippen LogP contribution in [-0.2, 0) is 0 Å². The van der Waals surface area contributed by atoms with Crippen molar-refractivity contribution in [1.29, 1.82) is 0 Å². The topological polar surface area (TPSA) is 3.01 Å². The van der Waals surface area contributed by atoms with Crippen LogP contribution in [0.2, 0.25) is 0 Å². The summed E-state index contributed by atoms with van der Waals surface area (Å²) in [7, 11) is 9.22. The average Bonchev–Trinajstić information content (AvgIpc) is 0.811. The summed E-state index contributed by atoms with van der Waals surface area (Å²) in [6.45, 7) is 3.03. The van der Waals surface area contributed by atoms with Crippen molar-refractivity contribution in [2.45, 2.75) is 0 Å². The first-order valence-corrected chi connectivity index (χ1v) is 0.833. The van der Waals surface area contributed by atoms with Gasteiger partial charge in [0.2, 0.25) is 0 Å². The summed E-state index contributed by atoms with van der Waals surface area (Å²) in [4.78, 5) is 0. The summed E-state index contributed by atoms with van der Waals surface area (Å²) >= 11 is 0. The van der Waals surface area contributed by atoms with Gasteiger partial charge >= 0.3 is 0 Å². The van der Waals surface area contributed by atoms with Crippen LogP contribution in [0.4, 0.5) is 0 Å². The molecule has 0 atom stereocenters. The van der Waals surface area contributed by atoms with Crippen LogP contribution in [0, 0.1) is 14.1 Å². The van der Waals surface area contributed by atoms with Crippen molar-refractivity contribution in [3.8, 4) is 0 Å². The second-order valence-electron chi connectivity index (χ2n) is 0.514. The summed E-state index contributed by atoms with van der Waals surface area (Å²) in [5, 5.41) is 0. The van der Waals surface area contributed by atoms with Crippen LogP contribution in [0.1, 0.15) is 0 Å². The van der Waals surface area contributed by atoms with Gasteiger partial charge in [0.1, 0.15) is 6.72 Å². The van der Waals surface area contributed by atoms with E-state index in [1.165, 1.54) is 0 Å². The molecule has 0 aromatic rings. The van der Waals surface area contributed by atoms with Crippen LogP contribution < -0.4 is 0 Å². The number of hydrogen-bond donors (Lipinski definition) is 0. The van der Waals surface area contributed by atoms with Gasteiger partial charge in [0.05, 0.1) is 0 Å². The molecule has 0 aromatic heterocycles. The van der Waals surface area contributed by atoms with Gasteiger partial charge in [-0.15, -0.1) is 0 Å². The Bertz CT molecular complexity index is 26.3. The zero-order chi connectivity index (χ0) is 3.58. The summed E-state index contributed by atoms with van der Waals surface area (Å²) in [6.07, 6.45) is 0. The van der Waals surface area contributed by atoms with Crippen molar-refractivity contribution in [2.24, 2.45) is 0 Å². The van der Waals surface area contributed by atoms with E-state index in [4.69, 9.17) is 0 Å². The molecule has 0 unspecified atom stereocenters. The Morgan fingerprint density at radius 1 is 1.50 bits per heavy atom. The van der Waals surface area contributed by atoms with Crippen LogP contribution in [0.25, 0.3) is 0 Å². The molecular formula is C3H4N+. The number of hydrogen-bond acceptors (Lipinski definition) is 0. The first kappa shape index (κ1) is 3.67. The van der Waals surface area contributed by atoms with Crippen molar-refractivity contribution in [2.75, 3.05) is 0 Å². The molecule has 0 aliphatic rings. The zero-order valence-corrected chi connectivity index (χ0v) is 2.31. The van der Waals surface area contributed by atoms with E-state index in [0.29, 0.717) is 0 Å². The quantitative estimate of drug-likeness (QED) is 0.208. The molecule has 0 saturated carbocycles. The second kappa shape index (κ2) is 1.04. The Balaban J connectivity index is 2.80. The minimum atomic E-state index is 0.750. The van der Waals surface area contributed by atoms with Crippen LogP contribution in [0.5, 0.6) is 0 Å². The molecule has 4 heavy (non-hydrogen) atoms. The van der Waals surface area contributed by atoms with Gasteiger partial charge in [-0.1, -0.05) is 0 Å². The predicted molar refractivity (Wildman–Crippen MR) is 16.0 cm³/mol. The standard InChI is InChI=1S/C3H4N/c1-4(2)3/h1-2H,3H2/q+1. The van der Waals surface area contributed by atoms with E-state index < -0.39 is 0 Å². The third kappa shape index (κ3) is 6.88. The molecule has 0 fully saturated rings. The highest BCUT2D eigenvalue weighted by Gasteiger charge is 1.62. The SMILES string of the molecule is [CH][N+]([CH])=C. The molecule has 1 nitrogen and oxygen atoms in total. The normalized spacial score (nSPS) is 6.50. The van der Waals surface area contributed by atoms with Crippen molar-refractivity contribution >= 4 is 6.72 Å². The second-order valence-corrected chi connectivity index (χ2v) is 0.514. The van der Waals surface area contributed by atoms with E-state index in [-0.39, 0.29) is 0 Å². The fourth-order valence-electron chi connectivity index (χ4n) is 0.